The first-order chi connectivity index (χ1) is 11.2. The predicted molar refractivity (Wildman–Crippen MR) is 85.0 cm³/mol. The molecule has 1 amide bonds. The molecule has 0 aliphatic carbocycles. The lowest BCUT2D eigenvalue weighted by molar-refractivity contribution is -0.144. The maximum Gasteiger partial charge on any atom is 0.327 e. The molecule has 120 valence electrons. The van der Waals surface area contributed by atoms with E-state index in [1.165, 1.54) is 16.4 Å². The van der Waals surface area contributed by atoms with Crippen LogP contribution in [0.25, 0.3) is 0 Å². The first-order valence-corrected chi connectivity index (χ1v) is 8.22. The van der Waals surface area contributed by atoms with Gasteiger partial charge in [0.25, 0.3) is 0 Å². The summed E-state index contributed by atoms with van der Waals surface area (Å²) in [6.07, 6.45) is 1.66. The van der Waals surface area contributed by atoms with Gasteiger partial charge in [-0.2, -0.15) is 0 Å². The van der Waals surface area contributed by atoms with Crippen LogP contribution < -0.4 is 4.90 Å². The highest BCUT2D eigenvalue weighted by atomic mass is 32.2. The summed E-state index contributed by atoms with van der Waals surface area (Å²) in [5.41, 5.74) is 1.51. The SMILES string of the molecule is CCOC(=O)Cn1cc(CN2C(=O)CSc3ccccc32)nn1. The number of ether oxygens (including phenoxy) is 1. The number of rotatable bonds is 5. The molecule has 23 heavy (non-hydrogen) atoms. The summed E-state index contributed by atoms with van der Waals surface area (Å²) in [5.74, 6) is 0.0851. The number of hydrogen-bond donors (Lipinski definition) is 0. The van der Waals surface area contributed by atoms with Gasteiger partial charge in [0.2, 0.25) is 5.91 Å². The third kappa shape index (κ3) is 3.53. The number of anilines is 1. The molecule has 0 saturated heterocycles. The number of carbonyl (C=O) groups is 2. The van der Waals surface area contributed by atoms with Crippen LogP contribution in [-0.2, 0) is 27.4 Å². The number of thioether (sulfide) groups is 1. The van der Waals surface area contributed by atoms with Crippen molar-refractivity contribution in [2.75, 3.05) is 17.3 Å². The number of esters is 1. The number of aromatic nitrogens is 3. The van der Waals surface area contributed by atoms with Crippen LogP contribution in [0.15, 0.2) is 35.4 Å². The fraction of sp³-hybridized carbons (Fsp3) is 0.333. The Morgan fingerprint density at radius 3 is 3.04 bits per heavy atom. The van der Waals surface area contributed by atoms with Gasteiger partial charge < -0.3 is 9.64 Å². The second-order valence-corrected chi connectivity index (χ2v) is 5.97. The summed E-state index contributed by atoms with van der Waals surface area (Å²) >= 11 is 1.54. The van der Waals surface area contributed by atoms with Gasteiger partial charge in [-0.1, -0.05) is 17.3 Å². The zero-order chi connectivity index (χ0) is 16.2. The highest BCUT2D eigenvalue weighted by Gasteiger charge is 2.25. The first-order valence-electron chi connectivity index (χ1n) is 7.24. The summed E-state index contributed by atoms with van der Waals surface area (Å²) in [6.45, 7) is 2.43. The monoisotopic (exact) mass is 332 g/mol. The van der Waals surface area contributed by atoms with Gasteiger partial charge in [0.15, 0.2) is 0 Å². The molecule has 1 aromatic carbocycles. The third-order valence-corrected chi connectivity index (χ3v) is 4.36. The van der Waals surface area contributed by atoms with Crippen LogP contribution in [0.2, 0.25) is 0 Å². The molecule has 0 bridgehead atoms. The van der Waals surface area contributed by atoms with E-state index in [-0.39, 0.29) is 18.4 Å². The topological polar surface area (TPSA) is 77.3 Å². The Bertz CT molecular complexity index is 731. The summed E-state index contributed by atoms with van der Waals surface area (Å²) in [7, 11) is 0. The van der Waals surface area contributed by atoms with Crippen molar-refractivity contribution in [2.45, 2.75) is 24.9 Å². The zero-order valence-electron chi connectivity index (χ0n) is 12.6. The van der Waals surface area contributed by atoms with E-state index in [0.29, 0.717) is 24.6 Å². The van der Waals surface area contributed by atoms with E-state index in [0.717, 1.165) is 10.6 Å². The number of fused-ring (bicyclic) bond motifs is 1. The molecule has 2 heterocycles. The van der Waals surface area contributed by atoms with Gasteiger partial charge in [-0.05, 0) is 19.1 Å². The Morgan fingerprint density at radius 2 is 2.22 bits per heavy atom. The fourth-order valence-electron chi connectivity index (χ4n) is 2.32. The standard InChI is InChI=1S/C15H16N4O3S/c1-2-22-15(21)9-18-7-11(16-17-18)8-19-12-5-3-4-6-13(12)23-10-14(19)20/h3-7H,2,8-10H2,1H3. The molecule has 0 unspecified atom stereocenters. The van der Waals surface area contributed by atoms with E-state index in [1.807, 2.05) is 24.3 Å². The third-order valence-electron chi connectivity index (χ3n) is 3.31. The second kappa shape index (κ2) is 6.82. The van der Waals surface area contributed by atoms with Gasteiger partial charge in [0, 0.05) is 4.90 Å². The number of carbonyl (C=O) groups excluding carboxylic acids is 2. The predicted octanol–water partition coefficient (Wildman–Crippen LogP) is 1.48. The minimum absolute atomic E-state index is 0.0151. The Hall–Kier alpha value is -2.35. The minimum Gasteiger partial charge on any atom is -0.465 e. The molecule has 0 saturated carbocycles. The zero-order valence-corrected chi connectivity index (χ0v) is 13.5. The number of para-hydroxylation sites is 1. The van der Waals surface area contributed by atoms with Crippen LogP contribution in [0.3, 0.4) is 0 Å². The molecule has 8 heteroatoms. The van der Waals surface area contributed by atoms with Crippen molar-refractivity contribution < 1.29 is 14.3 Å². The number of nitrogens with zero attached hydrogens (tertiary/aromatic N) is 4. The van der Waals surface area contributed by atoms with Crippen molar-refractivity contribution in [3.8, 4) is 0 Å². The maximum absolute atomic E-state index is 12.2. The van der Waals surface area contributed by atoms with Crippen molar-refractivity contribution in [1.29, 1.82) is 0 Å². The van der Waals surface area contributed by atoms with Gasteiger partial charge in [-0.15, -0.1) is 16.9 Å². The van der Waals surface area contributed by atoms with E-state index >= 15 is 0 Å². The van der Waals surface area contributed by atoms with E-state index in [2.05, 4.69) is 10.3 Å². The number of amides is 1. The molecule has 0 radical (unpaired) electrons. The molecule has 1 aliphatic rings. The lowest BCUT2D eigenvalue weighted by Crippen LogP contribution is -2.34. The Kier molecular flexibility index (Phi) is 4.61. The van der Waals surface area contributed by atoms with E-state index in [4.69, 9.17) is 4.74 Å². The average molecular weight is 332 g/mol. The lowest BCUT2D eigenvalue weighted by atomic mass is 10.2. The van der Waals surface area contributed by atoms with Gasteiger partial charge in [0.1, 0.15) is 12.2 Å². The van der Waals surface area contributed by atoms with Gasteiger partial charge >= 0.3 is 5.97 Å². The van der Waals surface area contributed by atoms with Crippen molar-refractivity contribution in [1.82, 2.24) is 15.0 Å². The summed E-state index contributed by atoms with van der Waals surface area (Å²) in [4.78, 5) is 26.4. The molecule has 7 nitrogen and oxygen atoms in total. The normalized spacial score (nSPS) is 13.8. The van der Waals surface area contributed by atoms with Crippen LogP contribution in [-0.4, -0.2) is 39.2 Å². The van der Waals surface area contributed by atoms with Crippen molar-refractivity contribution in [3.63, 3.8) is 0 Å². The average Bonchev–Trinajstić information content (AvgIpc) is 2.97. The highest BCUT2D eigenvalue weighted by molar-refractivity contribution is 8.00. The Morgan fingerprint density at radius 1 is 1.39 bits per heavy atom. The summed E-state index contributed by atoms with van der Waals surface area (Å²) in [5, 5.41) is 7.94. The molecule has 0 N–H and O–H groups in total. The Labute approximate surface area is 137 Å². The van der Waals surface area contributed by atoms with Crippen LogP contribution >= 0.6 is 11.8 Å². The second-order valence-electron chi connectivity index (χ2n) is 4.95. The van der Waals surface area contributed by atoms with Crippen molar-refractivity contribution >= 4 is 29.3 Å². The van der Waals surface area contributed by atoms with Crippen LogP contribution in [0, 0.1) is 0 Å². The molecule has 1 aliphatic heterocycles. The van der Waals surface area contributed by atoms with E-state index in [1.54, 1.807) is 18.0 Å². The lowest BCUT2D eigenvalue weighted by Gasteiger charge is -2.28. The molecule has 1 aromatic heterocycles. The smallest absolute Gasteiger partial charge is 0.327 e. The summed E-state index contributed by atoms with van der Waals surface area (Å²) < 4.78 is 6.29. The van der Waals surface area contributed by atoms with Crippen LogP contribution in [0.1, 0.15) is 12.6 Å². The van der Waals surface area contributed by atoms with Crippen molar-refractivity contribution in [2.24, 2.45) is 0 Å². The highest BCUT2D eigenvalue weighted by Crippen LogP contribution is 2.35. The summed E-state index contributed by atoms with van der Waals surface area (Å²) in [6, 6.07) is 7.78. The Balaban J connectivity index is 1.73. The molecule has 2 aromatic rings. The quantitative estimate of drug-likeness (QED) is 0.772. The molecular formula is C15H16N4O3S. The van der Waals surface area contributed by atoms with Crippen LogP contribution in [0.5, 0.6) is 0 Å². The van der Waals surface area contributed by atoms with Gasteiger partial charge in [0.05, 0.1) is 30.8 Å². The van der Waals surface area contributed by atoms with Crippen LogP contribution in [0.4, 0.5) is 5.69 Å². The molecule has 0 atom stereocenters. The number of benzene rings is 1. The molecule has 0 spiro atoms. The van der Waals surface area contributed by atoms with E-state index in [9.17, 15) is 9.59 Å². The van der Waals surface area contributed by atoms with Gasteiger partial charge in [-0.25, -0.2) is 4.68 Å². The first kappa shape index (κ1) is 15.5. The number of hydrogen-bond acceptors (Lipinski definition) is 6. The van der Waals surface area contributed by atoms with Gasteiger partial charge in [-0.3, -0.25) is 9.59 Å². The molecule has 0 fully saturated rings. The molecular weight excluding hydrogens is 316 g/mol. The largest absolute Gasteiger partial charge is 0.465 e. The fourth-order valence-corrected chi connectivity index (χ4v) is 3.25. The maximum atomic E-state index is 12.2. The van der Waals surface area contributed by atoms with Crippen molar-refractivity contribution in [3.05, 3.63) is 36.2 Å². The minimum atomic E-state index is -0.361. The van der Waals surface area contributed by atoms with E-state index < -0.39 is 0 Å². The molecule has 3 rings (SSSR count).